The van der Waals surface area contributed by atoms with E-state index in [1.165, 1.54) is 6.54 Å². The summed E-state index contributed by atoms with van der Waals surface area (Å²) in [5.74, 6) is 0. The van der Waals surface area contributed by atoms with Crippen molar-refractivity contribution in [2.24, 2.45) is 0 Å². The summed E-state index contributed by atoms with van der Waals surface area (Å²) in [6.45, 7) is 3.02. The molecule has 65 valence electrons. The maximum atomic E-state index is 11.3. The highest BCUT2D eigenvalue weighted by atomic mass is 32.2. The summed E-state index contributed by atoms with van der Waals surface area (Å²) in [6, 6.07) is 8.24. The molecule has 0 heterocycles. The van der Waals surface area contributed by atoms with Crippen molar-refractivity contribution >= 4 is 10.0 Å². The second kappa shape index (κ2) is 3.69. The van der Waals surface area contributed by atoms with Gasteiger partial charge in [-0.25, -0.2) is 13.1 Å². The zero-order valence-corrected chi connectivity index (χ0v) is 7.51. The number of benzene rings is 1. The second-order valence-corrected chi connectivity index (χ2v) is 3.94. The van der Waals surface area contributed by atoms with E-state index in [-0.39, 0.29) is 4.90 Å². The molecule has 4 heteroatoms. The Morgan fingerprint density at radius 1 is 1.25 bits per heavy atom. The Labute approximate surface area is 72.5 Å². The van der Waals surface area contributed by atoms with Gasteiger partial charge in [0.1, 0.15) is 0 Å². The molecule has 1 N–H and O–H groups in total. The Bertz CT molecular complexity index is 331. The Morgan fingerprint density at radius 3 is 2.33 bits per heavy atom. The van der Waals surface area contributed by atoms with E-state index in [4.69, 9.17) is 0 Å². The molecule has 0 amide bonds. The van der Waals surface area contributed by atoms with Crippen LogP contribution in [0.25, 0.3) is 0 Å². The summed E-state index contributed by atoms with van der Waals surface area (Å²) in [6.07, 6.45) is 0. The minimum atomic E-state index is -3.32. The van der Waals surface area contributed by atoms with Gasteiger partial charge in [-0.15, -0.1) is 0 Å². The minimum Gasteiger partial charge on any atom is -0.207 e. The van der Waals surface area contributed by atoms with Gasteiger partial charge in [-0.2, -0.15) is 0 Å². The van der Waals surface area contributed by atoms with Crippen LogP contribution in [0.3, 0.4) is 0 Å². The molecule has 12 heavy (non-hydrogen) atoms. The van der Waals surface area contributed by atoms with E-state index in [1.54, 1.807) is 37.3 Å². The predicted octanol–water partition coefficient (Wildman–Crippen LogP) is 1.15. The van der Waals surface area contributed by atoms with Crippen LogP contribution in [0, 0.1) is 6.54 Å². The molecular weight excluding hydrogens is 174 g/mol. The van der Waals surface area contributed by atoms with Crippen LogP contribution in [-0.4, -0.2) is 8.42 Å². The van der Waals surface area contributed by atoms with Crippen LogP contribution in [0.4, 0.5) is 0 Å². The first-order valence-electron chi connectivity index (χ1n) is 3.52. The lowest BCUT2D eigenvalue weighted by Crippen LogP contribution is -2.19. The van der Waals surface area contributed by atoms with Crippen molar-refractivity contribution in [2.75, 3.05) is 0 Å². The average molecular weight is 184 g/mol. The monoisotopic (exact) mass is 184 g/mol. The first kappa shape index (κ1) is 9.22. The van der Waals surface area contributed by atoms with Crippen molar-refractivity contribution in [3.63, 3.8) is 0 Å². The van der Waals surface area contributed by atoms with Crippen molar-refractivity contribution in [1.82, 2.24) is 4.72 Å². The molecule has 1 aromatic rings. The fraction of sp³-hybridized carbons (Fsp3) is 0.125. The van der Waals surface area contributed by atoms with Gasteiger partial charge >= 0.3 is 0 Å². The topological polar surface area (TPSA) is 46.2 Å². The molecule has 1 rings (SSSR count). The lowest BCUT2D eigenvalue weighted by atomic mass is 10.4. The van der Waals surface area contributed by atoms with Crippen LogP contribution < -0.4 is 4.72 Å². The molecule has 0 unspecified atom stereocenters. The van der Waals surface area contributed by atoms with Crippen molar-refractivity contribution < 1.29 is 8.42 Å². The van der Waals surface area contributed by atoms with Gasteiger partial charge in [-0.3, -0.25) is 0 Å². The number of hydrogen-bond acceptors (Lipinski definition) is 2. The van der Waals surface area contributed by atoms with Crippen LogP contribution in [-0.2, 0) is 10.0 Å². The van der Waals surface area contributed by atoms with Crippen LogP contribution in [0.5, 0.6) is 0 Å². The Kier molecular flexibility index (Phi) is 2.83. The molecule has 0 aliphatic carbocycles. The van der Waals surface area contributed by atoms with E-state index >= 15 is 0 Å². The van der Waals surface area contributed by atoms with Gasteiger partial charge in [0.2, 0.25) is 10.0 Å². The molecule has 0 saturated carbocycles. The van der Waals surface area contributed by atoms with Crippen molar-refractivity contribution in [2.45, 2.75) is 11.8 Å². The second-order valence-electron chi connectivity index (χ2n) is 2.22. The Hall–Kier alpha value is -0.870. The standard InChI is InChI=1S/C8H10NO2S/c1-2-9-12(10,11)8-6-4-3-5-7-8/h2-7,9H,1H3. The lowest BCUT2D eigenvalue weighted by molar-refractivity contribution is 0.588. The summed E-state index contributed by atoms with van der Waals surface area (Å²) in [4.78, 5) is 0.281. The minimum absolute atomic E-state index is 0.281. The average Bonchev–Trinajstić information content (AvgIpc) is 2.06. The maximum absolute atomic E-state index is 11.3. The summed E-state index contributed by atoms with van der Waals surface area (Å²) in [5.41, 5.74) is 0. The Balaban J connectivity index is 2.99. The quantitative estimate of drug-likeness (QED) is 0.765. The highest BCUT2D eigenvalue weighted by Gasteiger charge is 2.10. The third-order valence-electron chi connectivity index (χ3n) is 1.33. The van der Waals surface area contributed by atoms with Gasteiger partial charge in [0.25, 0.3) is 0 Å². The molecular formula is C8H10NO2S. The van der Waals surface area contributed by atoms with Crippen molar-refractivity contribution in [3.8, 4) is 0 Å². The number of sulfonamides is 1. The fourth-order valence-corrected chi connectivity index (χ4v) is 1.78. The molecule has 0 saturated heterocycles. The van der Waals surface area contributed by atoms with Gasteiger partial charge in [0, 0.05) is 6.54 Å². The largest absolute Gasteiger partial charge is 0.240 e. The third kappa shape index (κ3) is 2.06. The van der Waals surface area contributed by atoms with Crippen molar-refractivity contribution in [1.29, 1.82) is 0 Å². The van der Waals surface area contributed by atoms with Crippen LogP contribution in [0.2, 0.25) is 0 Å². The molecule has 0 aromatic heterocycles. The number of hydrogen-bond donors (Lipinski definition) is 1. The van der Waals surface area contributed by atoms with E-state index in [9.17, 15) is 8.42 Å². The molecule has 3 nitrogen and oxygen atoms in total. The molecule has 0 bridgehead atoms. The molecule has 0 fully saturated rings. The maximum Gasteiger partial charge on any atom is 0.240 e. The van der Waals surface area contributed by atoms with Gasteiger partial charge < -0.3 is 0 Å². The zero-order valence-electron chi connectivity index (χ0n) is 6.69. The molecule has 0 spiro atoms. The normalized spacial score (nSPS) is 11.4. The van der Waals surface area contributed by atoms with E-state index in [0.717, 1.165) is 0 Å². The predicted molar refractivity (Wildman–Crippen MR) is 46.7 cm³/mol. The van der Waals surface area contributed by atoms with Gasteiger partial charge in [-0.05, 0) is 19.1 Å². The summed E-state index contributed by atoms with van der Waals surface area (Å²) in [7, 11) is -3.32. The third-order valence-corrected chi connectivity index (χ3v) is 2.77. The van der Waals surface area contributed by atoms with Crippen LogP contribution in [0.15, 0.2) is 35.2 Å². The fourth-order valence-electron chi connectivity index (χ4n) is 0.823. The van der Waals surface area contributed by atoms with Gasteiger partial charge in [0.05, 0.1) is 4.90 Å². The van der Waals surface area contributed by atoms with Crippen LogP contribution >= 0.6 is 0 Å². The summed E-state index contributed by atoms with van der Waals surface area (Å²) in [5, 5.41) is 0. The molecule has 1 radical (unpaired) electrons. The van der Waals surface area contributed by atoms with E-state index < -0.39 is 10.0 Å². The van der Waals surface area contributed by atoms with Crippen molar-refractivity contribution in [3.05, 3.63) is 36.9 Å². The van der Waals surface area contributed by atoms with Crippen LogP contribution in [0.1, 0.15) is 6.92 Å². The van der Waals surface area contributed by atoms with Gasteiger partial charge in [0.15, 0.2) is 0 Å². The van der Waals surface area contributed by atoms with E-state index in [0.29, 0.717) is 0 Å². The van der Waals surface area contributed by atoms with E-state index in [2.05, 4.69) is 4.72 Å². The first-order chi connectivity index (χ1) is 5.67. The highest BCUT2D eigenvalue weighted by molar-refractivity contribution is 7.89. The molecule has 0 aliphatic heterocycles. The zero-order chi connectivity index (χ0) is 9.03. The van der Waals surface area contributed by atoms with E-state index in [1.807, 2.05) is 0 Å². The first-order valence-corrected chi connectivity index (χ1v) is 5.00. The van der Waals surface area contributed by atoms with Gasteiger partial charge in [-0.1, -0.05) is 18.2 Å². The highest BCUT2D eigenvalue weighted by Crippen LogP contribution is 2.06. The Morgan fingerprint density at radius 2 is 1.83 bits per heavy atom. The number of nitrogens with one attached hydrogen (secondary N) is 1. The molecule has 0 aliphatic rings. The molecule has 1 aromatic carbocycles. The number of rotatable bonds is 3. The SMILES string of the molecule is C[CH]NS(=O)(=O)c1ccccc1. The lowest BCUT2D eigenvalue weighted by Gasteiger charge is -2.02. The summed E-state index contributed by atoms with van der Waals surface area (Å²) >= 11 is 0. The molecule has 0 atom stereocenters. The summed E-state index contributed by atoms with van der Waals surface area (Å²) < 4.78 is 24.9. The smallest absolute Gasteiger partial charge is 0.207 e.